The lowest BCUT2D eigenvalue weighted by Crippen LogP contribution is -2.43. The zero-order valence-electron chi connectivity index (χ0n) is 10.4. The van der Waals surface area contributed by atoms with Crippen LogP contribution in [-0.4, -0.2) is 33.1 Å². The van der Waals surface area contributed by atoms with E-state index in [4.69, 9.17) is 5.11 Å². The summed E-state index contributed by atoms with van der Waals surface area (Å²) < 4.78 is 0. The summed E-state index contributed by atoms with van der Waals surface area (Å²) in [6, 6.07) is -1.03. The fraction of sp³-hybridized carbons (Fsp3) is 0.545. The topological polar surface area (TPSA) is 107 Å². The number of carboxylic acid groups (broad SMARTS) is 1. The van der Waals surface area contributed by atoms with Gasteiger partial charge in [0.1, 0.15) is 5.82 Å². The molecule has 100 valence electrons. The second-order valence-electron chi connectivity index (χ2n) is 4.02. The highest BCUT2D eigenvalue weighted by Crippen LogP contribution is 2.05. The molecule has 18 heavy (non-hydrogen) atoms. The number of carbonyl (C=O) groups is 2. The Kier molecular flexibility index (Phi) is 5.16. The molecule has 1 aromatic rings. The number of carboxylic acids is 1. The third kappa shape index (κ3) is 4.44. The molecular weight excluding hydrogens is 236 g/mol. The first kappa shape index (κ1) is 14.0. The second kappa shape index (κ2) is 6.63. The van der Waals surface area contributed by atoms with E-state index in [-0.39, 0.29) is 18.5 Å². The van der Waals surface area contributed by atoms with Gasteiger partial charge in [0.15, 0.2) is 0 Å². The highest BCUT2D eigenvalue weighted by atomic mass is 16.4. The Hall–Kier alpha value is -2.05. The van der Waals surface area contributed by atoms with Gasteiger partial charge in [-0.2, -0.15) is 0 Å². The van der Waals surface area contributed by atoms with Gasteiger partial charge in [-0.05, 0) is 13.3 Å². The van der Waals surface area contributed by atoms with Crippen molar-refractivity contribution in [3.63, 3.8) is 0 Å². The van der Waals surface area contributed by atoms with E-state index in [1.807, 2.05) is 6.92 Å². The molecule has 0 saturated heterocycles. The molecule has 0 aliphatic carbocycles. The van der Waals surface area contributed by atoms with Gasteiger partial charge in [0.05, 0.1) is 12.5 Å². The van der Waals surface area contributed by atoms with Crippen LogP contribution in [0.2, 0.25) is 0 Å². The Morgan fingerprint density at radius 3 is 2.72 bits per heavy atom. The minimum absolute atomic E-state index is 0.0843. The highest BCUT2D eigenvalue weighted by Gasteiger charge is 2.16. The summed E-state index contributed by atoms with van der Waals surface area (Å²) in [4.78, 5) is 29.1. The zero-order valence-corrected chi connectivity index (χ0v) is 10.4. The van der Waals surface area contributed by atoms with Gasteiger partial charge in [-0.15, -0.1) is 0 Å². The van der Waals surface area contributed by atoms with Crippen molar-refractivity contribution < 1.29 is 14.7 Å². The number of aromatic nitrogens is 2. The molecule has 4 N–H and O–H groups in total. The Morgan fingerprint density at radius 2 is 2.22 bits per heavy atom. The largest absolute Gasteiger partial charge is 0.481 e. The molecule has 0 bridgehead atoms. The van der Waals surface area contributed by atoms with Crippen LogP contribution < -0.4 is 10.6 Å². The van der Waals surface area contributed by atoms with Crippen LogP contribution in [0.15, 0.2) is 12.4 Å². The van der Waals surface area contributed by atoms with Crippen LogP contribution in [0, 0.1) is 0 Å². The van der Waals surface area contributed by atoms with Gasteiger partial charge in [-0.1, -0.05) is 6.92 Å². The van der Waals surface area contributed by atoms with Crippen molar-refractivity contribution >= 4 is 12.0 Å². The maximum atomic E-state index is 11.6. The monoisotopic (exact) mass is 254 g/mol. The van der Waals surface area contributed by atoms with Crippen molar-refractivity contribution in [1.82, 2.24) is 20.6 Å². The second-order valence-corrected chi connectivity index (χ2v) is 4.02. The third-order valence-corrected chi connectivity index (χ3v) is 2.53. The van der Waals surface area contributed by atoms with Crippen LogP contribution in [0.1, 0.15) is 38.6 Å². The van der Waals surface area contributed by atoms with Crippen LogP contribution in [0.25, 0.3) is 0 Å². The lowest BCUT2D eigenvalue weighted by molar-refractivity contribution is -0.137. The summed E-state index contributed by atoms with van der Waals surface area (Å²) >= 11 is 0. The molecule has 7 heteroatoms. The van der Waals surface area contributed by atoms with Crippen LogP contribution in [0.4, 0.5) is 4.79 Å². The summed E-state index contributed by atoms with van der Waals surface area (Å²) in [7, 11) is 0. The lowest BCUT2D eigenvalue weighted by atomic mass is 10.1. The lowest BCUT2D eigenvalue weighted by Gasteiger charge is -2.17. The number of aliphatic carboxylic acids is 1. The molecule has 1 heterocycles. The first-order valence-electron chi connectivity index (χ1n) is 5.81. The number of rotatable bonds is 6. The SMILES string of the molecule is CCC(CC(=O)O)NC(=O)NC(C)c1ncc[nH]1. The molecule has 7 nitrogen and oxygen atoms in total. The van der Waals surface area contributed by atoms with Crippen molar-refractivity contribution in [2.45, 2.75) is 38.8 Å². The molecule has 2 atom stereocenters. The minimum Gasteiger partial charge on any atom is -0.481 e. The molecule has 0 radical (unpaired) electrons. The quantitative estimate of drug-likeness (QED) is 0.608. The smallest absolute Gasteiger partial charge is 0.315 e. The van der Waals surface area contributed by atoms with E-state index in [9.17, 15) is 9.59 Å². The summed E-state index contributed by atoms with van der Waals surface area (Å²) in [5.74, 6) is -0.280. The number of urea groups is 1. The predicted molar refractivity (Wildman–Crippen MR) is 65.0 cm³/mol. The predicted octanol–water partition coefficient (Wildman–Crippen LogP) is 1.02. The molecule has 0 aliphatic rings. The highest BCUT2D eigenvalue weighted by molar-refractivity contribution is 5.76. The first-order valence-corrected chi connectivity index (χ1v) is 5.81. The number of H-pyrrole nitrogens is 1. The Labute approximate surface area is 105 Å². The number of aromatic amines is 1. The van der Waals surface area contributed by atoms with Crippen LogP contribution >= 0.6 is 0 Å². The van der Waals surface area contributed by atoms with Gasteiger partial charge in [-0.3, -0.25) is 4.79 Å². The Balaban J connectivity index is 2.43. The van der Waals surface area contributed by atoms with Crippen molar-refractivity contribution in [3.05, 3.63) is 18.2 Å². The van der Waals surface area contributed by atoms with Gasteiger partial charge in [0.2, 0.25) is 0 Å². The van der Waals surface area contributed by atoms with E-state index in [0.29, 0.717) is 12.2 Å². The van der Waals surface area contributed by atoms with E-state index in [0.717, 1.165) is 0 Å². The number of hydrogen-bond acceptors (Lipinski definition) is 3. The summed E-state index contributed by atoms with van der Waals surface area (Å²) in [5.41, 5.74) is 0. The van der Waals surface area contributed by atoms with Crippen molar-refractivity contribution in [1.29, 1.82) is 0 Å². The van der Waals surface area contributed by atoms with Crippen molar-refractivity contribution in [2.24, 2.45) is 0 Å². The number of amides is 2. The van der Waals surface area contributed by atoms with E-state index in [1.54, 1.807) is 19.3 Å². The van der Waals surface area contributed by atoms with Gasteiger partial charge >= 0.3 is 12.0 Å². The number of nitrogens with zero attached hydrogens (tertiary/aromatic N) is 1. The molecule has 0 fully saturated rings. The van der Waals surface area contributed by atoms with E-state index < -0.39 is 12.0 Å². The maximum absolute atomic E-state index is 11.6. The molecule has 0 aliphatic heterocycles. The molecule has 0 saturated carbocycles. The fourth-order valence-corrected chi connectivity index (χ4v) is 1.51. The molecule has 0 spiro atoms. The van der Waals surface area contributed by atoms with E-state index >= 15 is 0 Å². The standard InChI is InChI=1S/C11H18N4O3/c1-3-8(6-9(16)17)15-11(18)14-7(2)10-12-4-5-13-10/h4-5,7-8H,3,6H2,1-2H3,(H,12,13)(H,16,17)(H2,14,15,18). The average molecular weight is 254 g/mol. The van der Waals surface area contributed by atoms with E-state index in [1.165, 1.54) is 0 Å². The molecule has 2 unspecified atom stereocenters. The van der Waals surface area contributed by atoms with Crippen LogP contribution in [-0.2, 0) is 4.79 Å². The Bertz CT molecular complexity index is 391. The van der Waals surface area contributed by atoms with Crippen molar-refractivity contribution in [3.8, 4) is 0 Å². The first-order chi connectivity index (χ1) is 8.52. The molecular formula is C11H18N4O3. The van der Waals surface area contributed by atoms with Crippen LogP contribution in [0.5, 0.6) is 0 Å². The number of hydrogen-bond donors (Lipinski definition) is 4. The molecule has 2 amide bonds. The van der Waals surface area contributed by atoms with Gasteiger partial charge in [-0.25, -0.2) is 9.78 Å². The van der Waals surface area contributed by atoms with Crippen molar-refractivity contribution in [2.75, 3.05) is 0 Å². The zero-order chi connectivity index (χ0) is 13.5. The van der Waals surface area contributed by atoms with Crippen LogP contribution in [0.3, 0.4) is 0 Å². The van der Waals surface area contributed by atoms with E-state index in [2.05, 4.69) is 20.6 Å². The Morgan fingerprint density at radius 1 is 1.50 bits per heavy atom. The fourth-order valence-electron chi connectivity index (χ4n) is 1.51. The molecule has 1 aromatic heterocycles. The summed E-state index contributed by atoms with van der Waals surface area (Å²) in [5, 5.41) is 14.0. The summed E-state index contributed by atoms with van der Waals surface area (Å²) in [6.07, 6.45) is 3.75. The average Bonchev–Trinajstić information content (AvgIpc) is 2.80. The number of nitrogens with one attached hydrogen (secondary N) is 3. The van der Waals surface area contributed by atoms with Gasteiger partial charge < -0.3 is 20.7 Å². The number of imidazole rings is 1. The third-order valence-electron chi connectivity index (χ3n) is 2.53. The number of carbonyl (C=O) groups excluding carboxylic acids is 1. The van der Waals surface area contributed by atoms with Gasteiger partial charge in [0, 0.05) is 18.4 Å². The maximum Gasteiger partial charge on any atom is 0.315 e. The van der Waals surface area contributed by atoms with Gasteiger partial charge in [0.25, 0.3) is 0 Å². The minimum atomic E-state index is -0.929. The summed E-state index contributed by atoms with van der Waals surface area (Å²) in [6.45, 7) is 3.61. The normalized spacial score (nSPS) is 13.7. The molecule has 0 aromatic carbocycles. The molecule has 1 rings (SSSR count).